The van der Waals surface area contributed by atoms with E-state index in [-0.39, 0.29) is 31.7 Å². The SMILES string of the molecule is CC(C(=O)NC1CCC(C(F)(F)F)CC1)n1nc(-c2cc(Cl)sc2Cl)ccc1=O. The lowest BCUT2D eigenvalue weighted by Gasteiger charge is -2.31. The fourth-order valence-corrected chi connectivity index (χ4v) is 4.84. The third kappa shape index (κ3) is 5.13. The Balaban J connectivity index is 1.71. The Morgan fingerprint density at radius 1 is 1.28 bits per heavy atom. The van der Waals surface area contributed by atoms with Gasteiger partial charge in [0.15, 0.2) is 0 Å². The van der Waals surface area contributed by atoms with Crippen molar-refractivity contribution in [2.45, 2.75) is 50.9 Å². The molecular weight excluding hydrogens is 450 g/mol. The minimum absolute atomic E-state index is 0.0199. The van der Waals surface area contributed by atoms with Gasteiger partial charge in [-0.05, 0) is 44.7 Å². The number of carbonyl (C=O) groups is 1. The summed E-state index contributed by atoms with van der Waals surface area (Å²) in [7, 11) is 0. The Hall–Kier alpha value is -1.58. The second kappa shape index (κ2) is 8.65. The maximum absolute atomic E-state index is 12.8. The van der Waals surface area contributed by atoms with Crippen LogP contribution in [0.5, 0.6) is 0 Å². The summed E-state index contributed by atoms with van der Waals surface area (Å²) in [5.41, 5.74) is 0.464. The van der Waals surface area contributed by atoms with Crippen LogP contribution in [0.1, 0.15) is 38.6 Å². The second-order valence-electron chi connectivity index (χ2n) is 7.01. The number of rotatable bonds is 4. The molecule has 29 heavy (non-hydrogen) atoms. The van der Waals surface area contributed by atoms with Crippen molar-refractivity contribution in [1.29, 1.82) is 0 Å². The first kappa shape index (κ1) is 22.1. The molecule has 0 aromatic carbocycles. The van der Waals surface area contributed by atoms with E-state index in [1.807, 2.05) is 0 Å². The van der Waals surface area contributed by atoms with Crippen LogP contribution in [0.3, 0.4) is 0 Å². The monoisotopic (exact) mass is 467 g/mol. The number of hydrogen-bond donors (Lipinski definition) is 1. The summed E-state index contributed by atoms with van der Waals surface area (Å²) in [6.07, 6.45) is -3.75. The van der Waals surface area contributed by atoms with Crippen LogP contribution in [-0.4, -0.2) is 27.9 Å². The van der Waals surface area contributed by atoms with E-state index in [9.17, 15) is 22.8 Å². The summed E-state index contributed by atoms with van der Waals surface area (Å²) in [5.74, 6) is -1.79. The van der Waals surface area contributed by atoms with Crippen molar-refractivity contribution < 1.29 is 18.0 Å². The number of amides is 1. The van der Waals surface area contributed by atoms with Crippen LogP contribution in [0.4, 0.5) is 13.2 Å². The quantitative estimate of drug-likeness (QED) is 0.681. The van der Waals surface area contributed by atoms with Gasteiger partial charge in [-0.1, -0.05) is 23.2 Å². The maximum Gasteiger partial charge on any atom is 0.391 e. The Morgan fingerprint density at radius 2 is 1.93 bits per heavy atom. The molecule has 2 aromatic heterocycles. The lowest BCUT2D eigenvalue weighted by molar-refractivity contribution is -0.182. The first-order chi connectivity index (χ1) is 13.6. The lowest BCUT2D eigenvalue weighted by atomic mass is 9.85. The topological polar surface area (TPSA) is 64.0 Å². The summed E-state index contributed by atoms with van der Waals surface area (Å²) >= 11 is 13.2. The van der Waals surface area contributed by atoms with Crippen molar-refractivity contribution in [3.63, 3.8) is 0 Å². The van der Waals surface area contributed by atoms with Crippen LogP contribution in [0.2, 0.25) is 8.67 Å². The number of aromatic nitrogens is 2. The molecular formula is C18H18Cl2F3N3O2S. The molecule has 1 amide bonds. The van der Waals surface area contributed by atoms with Crippen molar-refractivity contribution in [2.75, 3.05) is 0 Å². The molecule has 1 saturated carbocycles. The van der Waals surface area contributed by atoms with Gasteiger partial charge in [-0.25, -0.2) is 4.68 Å². The van der Waals surface area contributed by atoms with E-state index in [4.69, 9.17) is 23.2 Å². The third-order valence-corrected chi connectivity index (χ3v) is 6.53. The van der Waals surface area contributed by atoms with Crippen LogP contribution < -0.4 is 10.9 Å². The molecule has 1 fully saturated rings. The molecule has 5 nitrogen and oxygen atoms in total. The fourth-order valence-electron chi connectivity index (χ4n) is 3.36. The number of hydrogen-bond acceptors (Lipinski definition) is 4. The number of carbonyl (C=O) groups excluding carboxylic acids is 1. The number of alkyl halides is 3. The van der Waals surface area contributed by atoms with Gasteiger partial charge in [-0.3, -0.25) is 9.59 Å². The van der Waals surface area contributed by atoms with E-state index in [1.54, 1.807) is 6.07 Å². The van der Waals surface area contributed by atoms with E-state index in [2.05, 4.69) is 10.4 Å². The van der Waals surface area contributed by atoms with Crippen molar-refractivity contribution in [1.82, 2.24) is 15.1 Å². The highest BCUT2D eigenvalue weighted by Gasteiger charge is 2.41. The molecule has 2 aromatic rings. The van der Waals surface area contributed by atoms with Gasteiger partial charge in [0.1, 0.15) is 10.4 Å². The molecule has 3 rings (SSSR count). The highest BCUT2D eigenvalue weighted by molar-refractivity contribution is 7.20. The zero-order chi connectivity index (χ0) is 21.3. The summed E-state index contributed by atoms with van der Waals surface area (Å²) in [5, 5.41) is 6.97. The Bertz CT molecular complexity index is 953. The van der Waals surface area contributed by atoms with Crippen LogP contribution in [0, 0.1) is 5.92 Å². The first-order valence-electron chi connectivity index (χ1n) is 8.98. The average Bonchev–Trinajstić information content (AvgIpc) is 2.99. The molecule has 11 heteroatoms. The van der Waals surface area contributed by atoms with Crippen LogP contribution in [0.15, 0.2) is 23.0 Å². The van der Waals surface area contributed by atoms with Crippen molar-refractivity contribution in [3.05, 3.63) is 37.2 Å². The molecule has 1 aliphatic rings. The molecule has 1 N–H and O–H groups in total. The summed E-state index contributed by atoms with van der Waals surface area (Å²) in [4.78, 5) is 24.8. The number of nitrogens with one attached hydrogen (secondary N) is 1. The highest BCUT2D eigenvalue weighted by Crippen LogP contribution is 2.38. The van der Waals surface area contributed by atoms with Gasteiger partial charge in [0.2, 0.25) is 5.91 Å². The molecule has 0 bridgehead atoms. The van der Waals surface area contributed by atoms with Gasteiger partial charge < -0.3 is 5.32 Å². The molecule has 0 saturated heterocycles. The van der Waals surface area contributed by atoms with Crippen LogP contribution in [-0.2, 0) is 4.79 Å². The predicted octanol–water partition coefficient (Wildman–Crippen LogP) is 5.08. The molecule has 0 aliphatic heterocycles. The van der Waals surface area contributed by atoms with Crippen molar-refractivity contribution >= 4 is 40.4 Å². The van der Waals surface area contributed by atoms with Gasteiger partial charge in [-0.15, -0.1) is 11.3 Å². The molecule has 0 radical (unpaired) electrons. The standard InChI is InChI=1S/C18H18Cl2F3N3O2S/c1-9(17(28)24-11-4-2-10(3-5-11)18(21,22)23)26-15(27)7-6-13(25-26)12-8-14(19)29-16(12)20/h6-11H,2-5H2,1H3,(H,24,28). The molecule has 0 spiro atoms. The second-order valence-corrected chi connectivity index (χ2v) is 9.30. The summed E-state index contributed by atoms with van der Waals surface area (Å²) in [6, 6.07) is 3.10. The summed E-state index contributed by atoms with van der Waals surface area (Å²) in [6.45, 7) is 1.51. The number of thiophene rings is 1. The number of halogens is 5. The largest absolute Gasteiger partial charge is 0.391 e. The van der Waals surface area contributed by atoms with E-state index in [0.29, 0.717) is 19.9 Å². The Kier molecular flexibility index (Phi) is 6.60. The van der Waals surface area contributed by atoms with E-state index in [0.717, 1.165) is 16.0 Å². The van der Waals surface area contributed by atoms with Crippen molar-refractivity contribution in [2.24, 2.45) is 5.92 Å². The maximum atomic E-state index is 12.8. The lowest BCUT2D eigenvalue weighted by Crippen LogP contribution is -2.44. The van der Waals surface area contributed by atoms with Gasteiger partial charge in [0.05, 0.1) is 15.9 Å². The van der Waals surface area contributed by atoms with E-state index in [1.165, 1.54) is 19.1 Å². The van der Waals surface area contributed by atoms with Gasteiger partial charge in [0, 0.05) is 17.7 Å². The smallest absolute Gasteiger partial charge is 0.352 e. The van der Waals surface area contributed by atoms with Crippen molar-refractivity contribution in [3.8, 4) is 11.3 Å². The van der Waals surface area contributed by atoms with E-state index < -0.39 is 29.6 Å². The predicted molar refractivity (Wildman–Crippen MR) is 106 cm³/mol. The molecule has 2 heterocycles. The molecule has 158 valence electrons. The van der Waals surface area contributed by atoms with Crippen LogP contribution in [0.25, 0.3) is 11.3 Å². The zero-order valence-electron chi connectivity index (χ0n) is 15.3. The van der Waals surface area contributed by atoms with Gasteiger partial charge in [-0.2, -0.15) is 18.3 Å². The minimum atomic E-state index is -4.20. The number of nitrogens with zero attached hydrogens (tertiary/aromatic N) is 2. The van der Waals surface area contributed by atoms with Gasteiger partial charge >= 0.3 is 6.18 Å². The zero-order valence-corrected chi connectivity index (χ0v) is 17.6. The normalized spacial score (nSPS) is 21.0. The average molecular weight is 468 g/mol. The first-order valence-corrected chi connectivity index (χ1v) is 10.6. The van der Waals surface area contributed by atoms with Gasteiger partial charge in [0.25, 0.3) is 5.56 Å². The molecule has 1 atom stereocenters. The fraction of sp³-hybridized carbons (Fsp3) is 0.500. The van der Waals surface area contributed by atoms with E-state index >= 15 is 0 Å². The molecule has 1 aliphatic carbocycles. The Labute approximate surface area is 178 Å². The van der Waals surface area contributed by atoms with Crippen LogP contribution >= 0.6 is 34.5 Å². The Morgan fingerprint density at radius 3 is 2.48 bits per heavy atom. The third-order valence-electron chi connectivity index (χ3n) is 5.04. The molecule has 1 unspecified atom stereocenters. The minimum Gasteiger partial charge on any atom is -0.352 e. The summed E-state index contributed by atoms with van der Waals surface area (Å²) < 4.78 is 40.3. The highest BCUT2D eigenvalue weighted by atomic mass is 35.5.